The average molecular weight is 365 g/mol. The fourth-order valence-electron chi connectivity index (χ4n) is 3.58. The number of methoxy groups -OCH3 is 1. The molecule has 27 heavy (non-hydrogen) atoms. The van der Waals surface area contributed by atoms with E-state index in [1.165, 1.54) is 0 Å². The second-order valence-corrected chi connectivity index (χ2v) is 6.76. The Kier molecular flexibility index (Phi) is 5.07. The Hall–Kier alpha value is -2.86. The number of aromatic nitrogens is 2. The molecule has 0 bridgehead atoms. The number of amides is 1. The third kappa shape index (κ3) is 3.66. The van der Waals surface area contributed by atoms with Gasteiger partial charge in [-0.05, 0) is 37.0 Å². The number of hydrogen-bond acceptors (Lipinski definition) is 4. The van der Waals surface area contributed by atoms with E-state index in [0.29, 0.717) is 24.7 Å². The number of nitrogens with one attached hydrogen (secondary N) is 1. The van der Waals surface area contributed by atoms with Crippen LogP contribution in [-0.2, 0) is 11.3 Å². The molecule has 1 unspecified atom stereocenters. The van der Waals surface area contributed by atoms with Crippen molar-refractivity contribution >= 4 is 5.91 Å². The lowest BCUT2D eigenvalue weighted by molar-refractivity contribution is 0.0562. The van der Waals surface area contributed by atoms with Crippen LogP contribution in [0.15, 0.2) is 53.1 Å². The van der Waals surface area contributed by atoms with Gasteiger partial charge in [-0.2, -0.15) is 0 Å². The predicted molar refractivity (Wildman–Crippen MR) is 101 cm³/mol. The number of carbonyl (C=O) groups is 1. The van der Waals surface area contributed by atoms with Crippen molar-refractivity contribution in [1.29, 1.82) is 0 Å². The largest absolute Gasteiger partial charge is 0.453 e. The fraction of sp³-hybridized carbons (Fsp3) is 0.333. The number of hydrogen-bond donors (Lipinski definition) is 1. The number of likely N-dealkylation sites (tertiary alicyclic amines) is 1. The SMILES string of the molecule is COCc1ccc(C(=O)N2CCCCC2c2ncc(-c3ccccc3)[nH]2)o1. The molecule has 4 rings (SSSR count). The summed E-state index contributed by atoms with van der Waals surface area (Å²) in [5, 5.41) is 0. The highest BCUT2D eigenvalue weighted by atomic mass is 16.5. The van der Waals surface area contributed by atoms with Crippen LogP contribution in [0.3, 0.4) is 0 Å². The van der Waals surface area contributed by atoms with E-state index in [1.807, 2.05) is 41.4 Å². The summed E-state index contributed by atoms with van der Waals surface area (Å²) in [5.74, 6) is 1.73. The second-order valence-electron chi connectivity index (χ2n) is 6.76. The van der Waals surface area contributed by atoms with Crippen LogP contribution in [0.1, 0.15) is 47.4 Å². The molecule has 1 amide bonds. The zero-order chi connectivity index (χ0) is 18.6. The van der Waals surface area contributed by atoms with Crippen LogP contribution in [0.4, 0.5) is 0 Å². The highest BCUT2D eigenvalue weighted by Crippen LogP contribution is 2.32. The van der Waals surface area contributed by atoms with E-state index in [0.717, 1.165) is 36.3 Å². The Morgan fingerprint density at radius 1 is 1.26 bits per heavy atom. The van der Waals surface area contributed by atoms with Gasteiger partial charge in [0.05, 0.1) is 17.9 Å². The molecule has 3 aromatic rings. The molecular formula is C21H23N3O3. The summed E-state index contributed by atoms with van der Waals surface area (Å²) in [7, 11) is 1.60. The van der Waals surface area contributed by atoms with E-state index in [1.54, 1.807) is 19.2 Å². The molecule has 1 N–H and O–H groups in total. The molecule has 1 atom stereocenters. The van der Waals surface area contributed by atoms with Gasteiger partial charge in [-0.15, -0.1) is 0 Å². The highest BCUT2D eigenvalue weighted by molar-refractivity contribution is 5.91. The monoisotopic (exact) mass is 365 g/mol. The molecule has 0 saturated carbocycles. The summed E-state index contributed by atoms with van der Waals surface area (Å²) in [6.45, 7) is 1.06. The molecule has 140 valence electrons. The number of piperidine rings is 1. The van der Waals surface area contributed by atoms with Gasteiger partial charge in [0, 0.05) is 13.7 Å². The molecule has 0 radical (unpaired) electrons. The van der Waals surface area contributed by atoms with Crippen molar-refractivity contribution in [1.82, 2.24) is 14.9 Å². The van der Waals surface area contributed by atoms with Gasteiger partial charge in [-0.3, -0.25) is 4.79 Å². The molecule has 1 aliphatic rings. The van der Waals surface area contributed by atoms with E-state index in [2.05, 4.69) is 9.97 Å². The van der Waals surface area contributed by atoms with Crippen molar-refractivity contribution in [3.63, 3.8) is 0 Å². The molecule has 2 aromatic heterocycles. The predicted octanol–water partition coefficient (Wildman–Crippen LogP) is 4.18. The normalized spacial score (nSPS) is 17.2. The van der Waals surface area contributed by atoms with Gasteiger partial charge >= 0.3 is 0 Å². The first-order chi connectivity index (χ1) is 13.3. The number of ether oxygens (including phenoxy) is 1. The summed E-state index contributed by atoms with van der Waals surface area (Å²) in [4.78, 5) is 22.9. The van der Waals surface area contributed by atoms with Crippen molar-refractivity contribution in [2.75, 3.05) is 13.7 Å². The van der Waals surface area contributed by atoms with Crippen LogP contribution in [-0.4, -0.2) is 34.4 Å². The Balaban J connectivity index is 1.57. The van der Waals surface area contributed by atoms with Gasteiger partial charge in [0.2, 0.25) is 0 Å². The summed E-state index contributed by atoms with van der Waals surface area (Å²) >= 11 is 0. The maximum Gasteiger partial charge on any atom is 0.290 e. The Bertz CT molecular complexity index is 900. The number of H-pyrrole nitrogens is 1. The molecule has 1 aromatic carbocycles. The zero-order valence-electron chi connectivity index (χ0n) is 15.4. The van der Waals surface area contributed by atoms with Gasteiger partial charge in [-0.25, -0.2) is 4.98 Å². The van der Waals surface area contributed by atoms with Gasteiger partial charge in [0.1, 0.15) is 18.2 Å². The minimum absolute atomic E-state index is 0.0697. The van der Waals surface area contributed by atoms with Crippen LogP contribution >= 0.6 is 0 Å². The van der Waals surface area contributed by atoms with Crippen molar-refractivity contribution in [3.05, 3.63) is 66.0 Å². The first-order valence-electron chi connectivity index (χ1n) is 9.25. The summed E-state index contributed by atoms with van der Waals surface area (Å²) in [6, 6.07) is 13.5. The lowest BCUT2D eigenvalue weighted by Gasteiger charge is -2.34. The smallest absolute Gasteiger partial charge is 0.290 e. The number of furan rings is 1. The van der Waals surface area contributed by atoms with E-state index in [9.17, 15) is 4.79 Å². The standard InChI is InChI=1S/C21H23N3O3/c1-26-14-16-10-11-19(27-16)21(25)24-12-6-5-9-18(24)20-22-13-17(23-20)15-7-3-2-4-8-15/h2-4,7-8,10-11,13,18H,5-6,9,12,14H2,1H3,(H,22,23). The van der Waals surface area contributed by atoms with Crippen molar-refractivity contribution in [2.45, 2.75) is 31.9 Å². The van der Waals surface area contributed by atoms with E-state index in [4.69, 9.17) is 9.15 Å². The van der Waals surface area contributed by atoms with Crippen LogP contribution < -0.4 is 0 Å². The summed E-state index contributed by atoms with van der Waals surface area (Å²) in [6.07, 6.45) is 4.79. The number of imidazole rings is 1. The lowest BCUT2D eigenvalue weighted by atomic mass is 10.0. The summed E-state index contributed by atoms with van der Waals surface area (Å²) < 4.78 is 10.7. The molecule has 1 aliphatic heterocycles. The number of aromatic amines is 1. The van der Waals surface area contributed by atoms with E-state index < -0.39 is 0 Å². The van der Waals surface area contributed by atoms with Crippen molar-refractivity contribution in [3.8, 4) is 11.3 Å². The van der Waals surface area contributed by atoms with Crippen molar-refractivity contribution in [2.24, 2.45) is 0 Å². The molecule has 6 heteroatoms. The third-order valence-electron chi connectivity index (χ3n) is 4.92. The van der Waals surface area contributed by atoms with Gasteiger partial charge in [0.25, 0.3) is 5.91 Å². The minimum atomic E-state index is -0.0975. The topological polar surface area (TPSA) is 71.4 Å². The third-order valence-corrected chi connectivity index (χ3v) is 4.92. The van der Waals surface area contributed by atoms with Gasteiger partial charge in [0.15, 0.2) is 5.76 Å². The molecular weight excluding hydrogens is 342 g/mol. The first kappa shape index (κ1) is 17.5. The van der Waals surface area contributed by atoms with Crippen LogP contribution in [0.2, 0.25) is 0 Å². The molecule has 0 spiro atoms. The quantitative estimate of drug-likeness (QED) is 0.736. The van der Waals surface area contributed by atoms with Crippen LogP contribution in [0, 0.1) is 0 Å². The van der Waals surface area contributed by atoms with Gasteiger partial charge in [-0.1, -0.05) is 30.3 Å². The zero-order valence-corrected chi connectivity index (χ0v) is 15.4. The van der Waals surface area contributed by atoms with E-state index >= 15 is 0 Å². The molecule has 3 heterocycles. The molecule has 0 aliphatic carbocycles. The Morgan fingerprint density at radius 3 is 2.93 bits per heavy atom. The second kappa shape index (κ2) is 7.80. The maximum absolute atomic E-state index is 13.0. The number of rotatable bonds is 5. The highest BCUT2D eigenvalue weighted by Gasteiger charge is 2.32. The minimum Gasteiger partial charge on any atom is -0.453 e. The molecule has 1 saturated heterocycles. The van der Waals surface area contributed by atoms with E-state index in [-0.39, 0.29) is 11.9 Å². The molecule has 1 fully saturated rings. The Morgan fingerprint density at radius 2 is 2.11 bits per heavy atom. The molecule has 6 nitrogen and oxygen atoms in total. The summed E-state index contributed by atoms with van der Waals surface area (Å²) in [5.41, 5.74) is 2.05. The number of benzene rings is 1. The van der Waals surface area contributed by atoms with Crippen molar-refractivity contribution < 1.29 is 13.9 Å². The van der Waals surface area contributed by atoms with Crippen LogP contribution in [0.25, 0.3) is 11.3 Å². The number of carbonyl (C=O) groups excluding carboxylic acids is 1. The lowest BCUT2D eigenvalue weighted by Crippen LogP contribution is -2.38. The van der Waals surface area contributed by atoms with Gasteiger partial charge < -0.3 is 19.0 Å². The van der Waals surface area contributed by atoms with Crippen LogP contribution in [0.5, 0.6) is 0 Å². The first-order valence-corrected chi connectivity index (χ1v) is 9.25. The number of nitrogens with zero attached hydrogens (tertiary/aromatic N) is 2. The fourth-order valence-corrected chi connectivity index (χ4v) is 3.58. The maximum atomic E-state index is 13.0. The Labute approximate surface area is 158 Å². The average Bonchev–Trinajstić information content (AvgIpc) is 3.38.